The predicted octanol–water partition coefficient (Wildman–Crippen LogP) is 0.520. The van der Waals surface area contributed by atoms with Crippen LogP contribution < -0.4 is 5.73 Å². The molecular weight excluding hydrogens is 180 g/mol. The van der Waals surface area contributed by atoms with Crippen LogP contribution >= 0.6 is 0 Å². The zero-order chi connectivity index (χ0) is 10.8. The summed E-state index contributed by atoms with van der Waals surface area (Å²) in [5.74, 6) is -0.167. The topological polar surface area (TPSA) is 66.6 Å². The molecule has 4 nitrogen and oxygen atoms in total. The molecule has 14 heavy (non-hydrogen) atoms. The van der Waals surface area contributed by atoms with Gasteiger partial charge in [-0.1, -0.05) is 0 Å². The molecule has 0 amide bonds. The molecule has 1 aliphatic rings. The van der Waals surface area contributed by atoms with E-state index in [4.69, 9.17) is 10.8 Å². The SMILES string of the molecule is CC(C)(C(=O)O)N1CCC(CN)CC1. The second-order valence-corrected chi connectivity index (χ2v) is 4.53. The number of hydrogen-bond donors (Lipinski definition) is 2. The first-order chi connectivity index (χ1) is 6.48. The number of nitrogens with zero attached hydrogens (tertiary/aromatic N) is 1. The number of rotatable bonds is 3. The van der Waals surface area contributed by atoms with Crippen molar-refractivity contribution in [2.75, 3.05) is 19.6 Å². The van der Waals surface area contributed by atoms with Crippen molar-refractivity contribution >= 4 is 5.97 Å². The summed E-state index contributed by atoms with van der Waals surface area (Å²) in [6.45, 7) is 5.94. The van der Waals surface area contributed by atoms with Crippen LogP contribution in [-0.4, -0.2) is 41.1 Å². The lowest BCUT2D eigenvalue weighted by molar-refractivity contribution is -0.150. The minimum absolute atomic E-state index is 0.579. The average Bonchev–Trinajstić information content (AvgIpc) is 2.17. The first kappa shape index (κ1) is 11.5. The Labute approximate surface area is 85.1 Å². The molecule has 1 aliphatic heterocycles. The summed E-state index contributed by atoms with van der Waals surface area (Å²) in [4.78, 5) is 13.0. The summed E-state index contributed by atoms with van der Waals surface area (Å²) in [5, 5.41) is 9.05. The molecule has 0 spiro atoms. The van der Waals surface area contributed by atoms with Gasteiger partial charge in [0.2, 0.25) is 0 Å². The van der Waals surface area contributed by atoms with Crippen molar-refractivity contribution in [3.8, 4) is 0 Å². The first-order valence-corrected chi connectivity index (χ1v) is 5.17. The van der Waals surface area contributed by atoms with Crippen molar-refractivity contribution in [3.05, 3.63) is 0 Å². The highest BCUT2D eigenvalue weighted by Gasteiger charge is 2.36. The normalized spacial score (nSPS) is 21.1. The van der Waals surface area contributed by atoms with Crippen LogP contribution in [0.2, 0.25) is 0 Å². The van der Waals surface area contributed by atoms with E-state index in [0.29, 0.717) is 5.92 Å². The van der Waals surface area contributed by atoms with Crippen molar-refractivity contribution < 1.29 is 9.90 Å². The molecule has 1 rings (SSSR count). The predicted molar refractivity (Wildman–Crippen MR) is 55.1 cm³/mol. The fourth-order valence-electron chi connectivity index (χ4n) is 1.86. The van der Waals surface area contributed by atoms with Gasteiger partial charge in [0, 0.05) is 0 Å². The highest BCUT2D eigenvalue weighted by atomic mass is 16.4. The molecule has 1 heterocycles. The Morgan fingerprint density at radius 2 is 2.00 bits per heavy atom. The maximum Gasteiger partial charge on any atom is 0.323 e. The van der Waals surface area contributed by atoms with E-state index in [2.05, 4.69) is 0 Å². The smallest absolute Gasteiger partial charge is 0.323 e. The lowest BCUT2D eigenvalue weighted by atomic mass is 9.92. The Morgan fingerprint density at radius 3 is 2.36 bits per heavy atom. The Hall–Kier alpha value is -0.610. The maximum absolute atomic E-state index is 11.0. The van der Waals surface area contributed by atoms with Crippen LogP contribution in [0.1, 0.15) is 26.7 Å². The van der Waals surface area contributed by atoms with E-state index in [1.54, 1.807) is 13.8 Å². The van der Waals surface area contributed by atoms with Crippen LogP contribution in [0.25, 0.3) is 0 Å². The van der Waals surface area contributed by atoms with Crippen molar-refractivity contribution in [2.24, 2.45) is 11.7 Å². The van der Waals surface area contributed by atoms with Gasteiger partial charge in [-0.3, -0.25) is 9.69 Å². The number of carboxylic acid groups (broad SMARTS) is 1. The number of carboxylic acids is 1. The van der Waals surface area contributed by atoms with Gasteiger partial charge < -0.3 is 10.8 Å². The van der Waals surface area contributed by atoms with Gasteiger partial charge in [0.15, 0.2) is 0 Å². The van der Waals surface area contributed by atoms with Crippen LogP contribution in [0.15, 0.2) is 0 Å². The molecule has 0 aromatic carbocycles. The molecule has 4 heteroatoms. The number of piperidine rings is 1. The van der Waals surface area contributed by atoms with Crippen molar-refractivity contribution in [1.82, 2.24) is 4.90 Å². The zero-order valence-electron chi connectivity index (χ0n) is 8.99. The number of carbonyl (C=O) groups is 1. The van der Waals surface area contributed by atoms with Crippen LogP contribution in [0, 0.1) is 5.92 Å². The largest absolute Gasteiger partial charge is 0.480 e. The molecule has 0 aliphatic carbocycles. The minimum atomic E-state index is -0.747. The monoisotopic (exact) mass is 200 g/mol. The Bertz CT molecular complexity index is 208. The third-order valence-electron chi connectivity index (χ3n) is 3.26. The van der Waals surface area contributed by atoms with E-state index in [0.717, 1.165) is 32.5 Å². The molecule has 0 unspecified atom stereocenters. The number of likely N-dealkylation sites (tertiary alicyclic amines) is 1. The Balaban J connectivity index is 2.53. The minimum Gasteiger partial charge on any atom is -0.480 e. The van der Waals surface area contributed by atoms with E-state index in [9.17, 15) is 4.79 Å². The summed E-state index contributed by atoms with van der Waals surface area (Å²) >= 11 is 0. The van der Waals surface area contributed by atoms with Gasteiger partial charge in [-0.2, -0.15) is 0 Å². The molecule has 1 fully saturated rings. The highest BCUT2D eigenvalue weighted by Crippen LogP contribution is 2.23. The van der Waals surface area contributed by atoms with Gasteiger partial charge in [0.05, 0.1) is 0 Å². The lowest BCUT2D eigenvalue weighted by Gasteiger charge is -2.39. The molecule has 3 N–H and O–H groups in total. The summed E-state index contributed by atoms with van der Waals surface area (Å²) in [5.41, 5.74) is 4.85. The van der Waals surface area contributed by atoms with E-state index in [1.165, 1.54) is 0 Å². The average molecular weight is 200 g/mol. The second kappa shape index (κ2) is 4.28. The number of nitrogens with two attached hydrogens (primary N) is 1. The van der Waals surface area contributed by atoms with E-state index >= 15 is 0 Å². The summed E-state index contributed by atoms with van der Waals surface area (Å²) in [6.07, 6.45) is 2.04. The van der Waals surface area contributed by atoms with Gasteiger partial charge >= 0.3 is 5.97 Å². The molecule has 0 atom stereocenters. The fraction of sp³-hybridized carbons (Fsp3) is 0.900. The first-order valence-electron chi connectivity index (χ1n) is 5.17. The van der Waals surface area contributed by atoms with Crippen LogP contribution in [0.4, 0.5) is 0 Å². The van der Waals surface area contributed by atoms with Gasteiger partial charge in [-0.15, -0.1) is 0 Å². The van der Waals surface area contributed by atoms with Crippen LogP contribution in [-0.2, 0) is 4.79 Å². The van der Waals surface area contributed by atoms with Crippen LogP contribution in [0.5, 0.6) is 0 Å². The van der Waals surface area contributed by atoms with Gasteiger partial charge in [-0.05, 0) is 52.2 Å². The van der Waals surface area contributed by atoms with E-state index in [1.807, 2.05) is 4.90 Å². The van der Waals surface area contributed by atoms with E-state index in [-0.39, 0.29) is 0 Å². The van der Waals surface area contributed by atoms with Gasteiger partial charge in [-0.25, -0.2) is 0 Å². The third kappa shape index (κ3) is 2.25. The standard InChI is InChI=1S/C10H20N2O2/c1-10(2,9(13)14)12-5-3-8(7-11)4-6-12/h8H,3-7,11H2,1-2H3,(H,13,14). The second-order valence-electron chi connectivity index (χ2n) is 4.53. The molecule has 0 bridgehead atoms. The summed E-state index contributed by atoms with van der Waals surface area (Å²) in [6, 6.07) is 0. The molecule has 82 valence electrons. The van der Waals surface area contributed by atoms with Gasteiger partial charge in [0.1, 0.15) is 5.54 Å². The van der Waals surface area contributed by atoms with Crippen molar-refractivity contribution in [2.45, 2.75) is 32.2 Å². The van der Waals surface area contributed by atoms with Crippen molar-refractivity contribution in [1.29, 1.82) is 0 Å². The zero-order valence-corrected chi connectivity index (χ0v) is 8.99. The van der Waals surface area contributed by atoms with Gasteiger partial charge in [0.25, 0.3) is 0 Å². The molecule has 0 aromatic heterocycles. The quantitative estimate of drug-likeness (QED) is 0.697. The lowest BCUT2D eigenvalue weighted by Crippen LogP contribution is -2.53. The number of hydrogen-bond acceptors (Lipinski definition) is 3. The summed E-state index contributed by atoms with van der Waals surface area (Å²) < 4.78 is 0. The third-order valence-corrected chi connectivity index (χ3v) is 3.26. The fourth-order valence-corrected chi connectivity index (χ4v) is 1.86. The number of aliphatic carboxylic acids is 1. The maximum atomic E-state index is 11.0. The summed E-state index contributed by atoms with van der Waals surface area (Å²) in [7, 11) is 0. The highest BCUT2D eigenvalue weighted by molar-refractivity contribution is 5.77. The molecule has 0 saturated carbocycles. The van der Waals surface area contributed by atoms with Crippen LogP contribution in [0.3, 0.4) is 0 Å². The Morgan fingerprint density at radius 1 is 1.50 bits per heavy atom. The Kier molecular flexibility index (Phi) is 3.50. The molecular formula is C10H20N2O2. The molecule has 1 saturated heterocycles. The molecule has 0 radical (unpaired) electrons. The molecule has 0 aromatic rings. The van der Waals surface area contributed by atoms with E-state index < -0.39 is 11.5 Å². The van der Waals surface area contributed by atoms with Crippen molar-refractivity contribution in [3.63, 3.8) is 0 Å².